The molecule has 0 aliphatic rings. The van der Waals surface area contributed by atoms with E-state index >= 15 is 0 Å². The molecule has 0 aliphatic heterocycles. The number of nitrogens with zero attached hydrogens (tertiary/aromatic N) is 1. The molecule has 1 amide bonds. The number of nitrogens with one attached hydrogen (secondary N) is 1. The molecule has 0 fully saturated rings. The summed E-state index contributed by atoms with van der Waals surface area (Å²) in [6, 6.07) is 0. The number of halogens is 2. The molecule has 0 atom stereocenters. The number of amides is 1. The third-order valence-electron chi connectivity index (χ3n) is 1.64. The van der Waals surface area contributed by atoms with E-state index in [9.17, 15) is 4.79 Å². The average Bonchev–Trinajstić information content (AvgIpc) is 2.15. The number of hydrogen-bond acceptors (Lipinski definition) is 2. The predicted octanol–water partition coefficient (Wildman–Crippen LogP) is 2.76. The molecule has 5 heteroatoms. The highest BCUT2D eigenvalue weighted by atomic mass is 79.9. The minimum absolute atomic E-state index is 0.0347. The number of aromatic nitrogens is 1. The van der Waals surface area contributed by atoms with Gasteiger partial charge in [0.25, 0.3) is 0 Å². The number of rotatable bonds is 3. The first-order valence-corrected chi connectivity index (χ1v) is 5.90. The highest BCUT2D eigenvalue weighted by molar-refractivity contribution is 9.11. The maximum absolute atomic E-state index is 10.6. The minimum Gasteiger partial charge on any atom is -0.353 e. The summed E-state index contributed by atoms with van der Waals surface area (Å²) in [4.78, 5) is 14.6. The van der Waals surface area contributed by atoms with Crippen LogP contribution in [0.2, 0.25) is 0 Å². The van der Waals surface area contributed by atoms with Crippen molar-refractivity contribution in [3.63, 3.8) is 0 Å². The van der Waals surface area contributed by atoms with Gasteiger partial charge in [-0.1, -0.05) is 12.2 Å². The van der Waals surface area contributed by atoms with Crippen LogP contribution in [0.4, 0.5) is 0 Å². The normalized spacial score (nSPS) is 10.6. The molecule has 0 aliphatic carbocycles. The molecular formula is C10H10Br2N2O. The van der Waals surface area contributed by atoms with Crippen molar-refractivity contribution in [3.05, 3.63) is 33.0 Å². The summed E-state index contributed by atoms with van der Waals surface area (Å²) in [7, 11) is 0. The van der Waals surface area contributed by atoms with Crippen LogP contribution in [0, 0.1) is 0 Å². The first-order chi connectivity index (χ1) is 7.11. The van der Waals surface area contributed by atoms with E-state index in [0.29, 0.717) is 6.54 Å². The topological polar surface area (TPSA) is 42.0 Å². The lowest BCUT2D eigenvalue weighted by Crippen LogP contribution is -2.19. The number of hydrogen-bond donors (Lipinski definition) is 1. The Kier molecular flexibility index (Phi) is 4.98. The molecule has 1 aromatic heterocycles. The van der Waals surface area contributed by atoms with Crippen molar-refractivity contribution < 1.29 is 4.79 Å². The molecule has 1 N–H and O–H groups in total. The minimum atomic E-state index is -0.0347. The zero-order valence-corrected chi connectivity index (χ0v) is 11.3. The van der Waals surface area contributed by atoms with Gasteiger partial charge in [0.05, 0.1) is 0 Å². The van der Waals surface area contributed by atoms with Gasteiger partial charge in [-0.3, -0.25) is 9.78 Å². The fourth-order valence-electron chi connectivity index (χ4n) is 0.960. The van der Waals surface area contributed by atoms with Gasteiger partial charge in [0.2, 0.25) is 5.91 Å². The molecule has 80 valence electrons. The lowest BCUT2D eigenvalue weighted by atomic mass is 10.2. The van der Waals surface area contributed by atoms with Gasteiger partial charge in [-0.2, -0.15) is 0 Å². The van der Waals surface area contributed by atoms with Gasteiger partial charge in [0.15, 0.2) is 0 Å². The molecule has 1 aromatic rings. The zero-order chi connectivity index (χ0) is 11.3. The highest BCUT2D eigenvalue weighted by Crippen LogP contribution is 2.24. The predicted molar refractivity (Wildman–Crippen MR) is 67.4 cm³/mol. The van der Waals surface area contributed by atoms with Crippen molar-refractivity contribution in [2.45, 2.75) is 6.92 Å². The molecule has 1 rings (SSSR count). The van der Waals surface area contributed by atoms with Gasteiger partial charge in [-0.25, -0.2) is 0 Å². The SMILES string of the molecule is CC(=O)NCC=Cc1c(Br)cncc1Br. The molecule has 0 spiro atoms. The maximum atomic E-state index is 10.6. The van der Waals surface area contributed by atoms with E-state index in [1.807, 2.05) is 12.2 Å². The van der Waals surface area contributed by atoms with E-state index in [-0.39, 0.29) is 5.91 Å². The zero-order valence-electron chi connectivity index (χ0n) is 8.13. The van der Waals surface area contributed by atoms with E-state index in [2.05, 4.69) is 42.2 Å². The molecule has 15 heavy (non-hydrogen) atoms. The van der Waals surface area contributed by atoms with Crippen LogP contribution >= 0.6 is 31.9 Å². The van der Waals surface area contributed by atoms with E-state index in [1.165, 1.54) is 6.92 Å². The van der Waals surface area contributed by atoms with Gasteiger partial charge in [0, 0.05) is 40.4 Å². The van der Waals surface area contributed by atoms with E-state index in [0.717, 1.165) is 14.5 Å². The molecule has 0 bridgehead atoms. The Morgan fingerprint density at radius 1 is 1.47 bits per heavy atom. The number of pyridine rings is 1. The van der Waals surface area contributed by atoms with Crippen LogP contribution in [0.1, 0.15) is 12.5 Å². The molecule has 0 aromatic carbocycles. The Morgan fingerprint density at radius 3 is 2.60 bits per heavy atom. The van der Waals surface area contributed by atoms with Crippen LogP contribution in [0.25, 0.3) is 6.08 Å². The summed E-state index contributed by atoms with van der Waals surface area (Å²) in [6.07, 6.45) is 7.25. The summed E-state index contributed by atoms with van der Waals surface area (Å²) in [5.41, 5.74) is 1.01. The lowest BCUT2D eigenvalue weighted by Gasteiger charge is -2.00. The third-order valence-corrected chi connectivity index (χ3v) is 2.91. The van der Waals surface area contributed by atoms with Crippen LogP contribution < -0.4 is 5.32 Å². The molecule has 0 saturated carbocycles. The summed E-state index contributed by atoms with van der Waals surface area (Å²) < 4.78 is 1.83. The summed E-state index contributed by atoms with van der Waals surface area (Å²) in [5.74, 6) is -0.0347. The monoisotopic (exact) mass is 332 g/mol. The van der Waals surface area contributed by atoms with Crippen LogP contribution in [-0.4, -0.2) is 17.4 Å². The average molecular weight is 334 g/mol. The van der Waals surface area contributed by atoms with Crippen LogP contribution in [0.5, 0.6) is 0 Å². The number of carbonyl (C=O) groups is 1. The van der Waals surface area contributed by atoms with E-state index < -0.39 is 0 Å². The van der Waals surface area contributed by atoms with Crippen molar-refractivity contribution >= 4 is 43.8 Å². The Morgan fingerprint density at radius 2 is 2.07 bits per heavy atom. The van der Waals surface area contributed by atoms with E-state index in [4.69, 9.17) is 0 Å². The highest BCUT2D eigenvalue weighted by Gasteiger charge is 2.00. The van der Waals surface area contributed by atoms with Crippen molar-refractivity contribution in [3.8, 4) is 0 Å². The van der Waals surface area contributed by atoms with Gasteiger partial charge in [-0.05, 0) is 31.9 Å². The summed E-state index contributed by atoms with van der Waals surface area (Å²) >= 11 is 6.79. The largest absolute Gasteiger partial charge is 0.353 e. The third kappa shape index (κ3) is 4.13. The van der Waals surface area contributed by atoms with Crippen LogP contribution in [-0.2, 0) is 4.79 Å². The fourth-order valence-corrected chi connectivity index (χ4v) is 2.15. The maximum Gasteiger partial charge on any atom is 0.217 e. The van der Waals surface area contributed by atoms with Gasteiger partial charge < -0.3 is 5.32 Å². The molecular weight excluding hydrogens is 324 g/mol. The van der Waals surface area contributed by atoms with Crippen molar-refractivity contribution in [1.82, 2.24) is 10.3 Å². The van der Waals surface area contributed by atoms with Gasteiger partial charge >= 0.3 is 0 Å². The van der Waals surface area contributed by atoms with Crippen LogP contribution in [0.3, 0.4) is 0 Å². The smallest absolute Gasteiger partial charge is 0.217 e. The molecule has 0 saturated heterocycles. The molecule has 0 radical (unpaired) electrons. The second kappa shape index (κ2) is 6.02. The number of carbonyl (C=O) groups excluding carboxylic acids is 1. The Hall–Kier alpha value is -0.680. The first-order valence-electron chi connectivity index (χ1n) is 4.31. The Bertz CT molecular complexity index is 371. The van der Waals surface area contributed by atoms with Crippen LogP contribution in [0.15, 0.2) is 27.4 Å². The van der Waals surface area contributed by atoms with Gasteiger partial charge in [0.1, 0.15) is 0 Å². The van der Waals surface area contributed by atoms with Gasteiger partial charge in [-0.15, -0.1) is 0 Å². The van der Waals surface area contributed by atoms with Crippen molar-refractivity contribution in [2.75, 3.05) is 6.54 Å². The Balaban J connectivity index is 2.67. The second-order valence-corrected chi connectivity index (χ2v) is 4.56. The molecule has 1 heterocycles. The van der Waals surface area contributed by atoms with E-state index in [1.54, 1.807) is 12.4 Å². The fraction of sp³-hybridized carbons (Fsp3) is 0.200. The quantitative estimate of drug-likeness (QED) is 0.924. The molecule has 0 unspecified atom stereocenters. The summed E-state index contributed by atoms with van der Waals surface area (Å²) in [5, 5.41) is 2.68. The first kappa shape index (κ1) is 12.4. The Labute approximate surface area is 105 Å². The summed E-state index contributed by atoms with van der Waals surface area (Å²) in [6.45, 7) is 2.02. The lowest BCUT2D eigenvalue weighted by molar-refractivity contribution is -0.118. The standard InChI is InChI=1S/C10H10Br2N2O/c1-7(15)14-4-2-3-8-9(11)5-13-6-10(8)12/h2-3,5-6H,4H2,1H3,(H,14,15). The van der Waals surface area contributed by atoms with Crippen molar-refractivity contribution in [1.29, 1.82) is 0 Å². The van der Waals surface area contributed by atoms with Crippen molar-refractivity contribution in [2.24, 2.45) is 0 Å². The second-order valence-electron chi connectivity index (χ2n) is 2.86. The molecule has 3 nitrogen and oxygen atoms in total.